The van der Waals surface area contributed by atoms with Crippen LogP contribution >= 0.6 is 0 Å². The van der Waals surface area contributed by atoms with E-state index < -0.39 is 95.1 Å². The summed E-state index contributed by atoms with van der Waals surface area (Å²) < 4.78 is 84.6. The summed E-state index contributed by atoms with van der Waals surface area (Å²) in [6.45, 7) is 0. The van der Waals surface area contributed by atoms with Crippen molar-refractivity contribution in [2.75, 3.05) is 0 Å². The lowest BCUT2D eigenvalue weighted by Gasteiger charge is -2.15. The fraction of sp³-hybridized carbons (Fsp3) is 0.0645. The van der Waals surface area contributed by atoms with Gasteiger partial charge < -0.3 is 0 Å². The van der Waals surface area contributed by atoms with Crippen LogP contribution in [0.25, 0.3) is 11.1 Å². The van der Waals surface area contributed by atoms with Gasteiger partial charge in [-0.3, -0.25) is 0 Å². The van der Waals surface area contributed by atoms with E-state index in [-0.39, 0.29) is 12.1 Å². The third kappa shape index (κ3) is 5.58. The van der Waals surface area contributed by atoms with Crippen LogP contribution < -0.4 is 10.4 Å². The van der Waals surface area contributed by atoms with Gasteiger partial charge >= 0.3 is 12.4 Å². The normalized spacial score (nSPS) is 11.8. The van der Waals surface area contributed by atoms with E-state index >= 15 is 0 Å². The lowest BCUT2D eigenvalue weighted by Crippen LogP contribution is -2.27. The maximum Gasteiger partial charge on any atom is 0.417 e. The van der Waals surface area contributed by atoms with Crippen LogP contribution in [-0.2, 0) is 12.4 Å². The first-order valence-electron chi connectivity index (χ1n) is 11.8. The number of nitriles is 9. The Bertz CT molecular complexity index is 2390. The van der Waals surface area contributed by atoms with Gasteiger partial charge in [0.05, 0.1) is 67.3 Å². The zero-order valence-electron chi connectivity index (χ0n) is 22.2. The van der Waals surface area contributed by atoms with Crippen LogP contribution in [0.1, 0.15) is 61.2 Å². The third-order valence-electron chi connectivity index (χ3n) is 6.36. The van der Waals surface area contributed by atoms with Crippen LogP contribution in [-0.4, -0.2) is 0 Å². The number of nitrogens with zero attached hydrogens (tertiary/aromatic N) is 9. The molecule has 0 spiro atoms. The minimum Gasteiger partial charge on any atom is -0.192 e. The lowest BCUT2D eigenvalue weighted by atomic mass is 9.87. The van der Waals surface area contributed by atoms with Gasteiger partial charge in [0.2, 0.25) is 0 Å². The number of hydrogen-bond donors (Lipinski definition) is 0. The summed E-state index contributed by atoms with van der Waals surface area (Å²) in [5.41, 5.74) is -12.8. The molecule has 0 saturated heterocycles. The molecule has 0 aliphatic carbocycles. The summed E-state index contributed by atoms with van der Waals surface area (Å²) in [5, 5.41) is 85.5. The minimum absolute atomic E-state index is 0.265. The molecule has 0 radical (unpaired) electrons. The zero-order valence-corrected chi connectivity index (χ0v) is 22.2. The standard InChI is InChI=1S/C31H5F6N9/c32-30(33,34)27-4-17(8-40)15(6-38)1-21(27)23(11-43)20-3-19(10-42)29(26(14-46)24(20)12-44)25(13-45)22-2-16(7-39)18(9-41)5-28(22)31(35,36)37/h1-5H/b23-20-,29-25+. The van der Waals surface area contributed by atoms with Crippen molar-refractivity contribution in [1.29, 1.82) is 47.4 Å². The number of rotatable bonds is 2. The molecular weight excluding hydrogens is 612 g/mol. The lowest BCUT2D eigenvalue weighted by molar-refractivity contribution is -0.138. The first kappa shape index (κ1) is 32.9. The first-order chi connectivity index (χ1) is 21.7. The molecule has 46 heavy (non-hydrogen) atoms. The highest BCUT2D eigenvalue weighted by molar-refractivity contribution is 5.85. The molecule has 0 bridgehead atoms. The molecule has 0 aromatic heterocycles. The molecule has 9 nitrogen and oxygen atoms in total. The minimum atomic E-state index is -5.27. The highest BCUT2D eigenvalue weighted by Gasteiger charge is 2.37. The van der Waals surface area contributed by atoms with Gasteiger partial charge in [-0.1, -0.05) is 0 Å². The van der Waals surface area contributed by atoms with Crippen molar-refractivity contribution in [2.24, 2.45) is 0 Å². The molecular formula is C31H5F6N9. The molecule has 0 saturated carbocycles. The second-order valence-electron chi connectivity index (χ2n) is 8.74. The number of alkyl halides is 6. The quantitative estimate of drug-likeness (QED) is 0.375. The summed E-state index contributed by atoms with van der Waals surface area (Å²) in [5.74, 6) is 0. The van der Waals surface area contributed by atoms with E-state index in [2.05, 4.69) is 0 Å². The Hall–Kier alpha value is -7.61. The van der Waals surface area contributed by atoms with Crippen molar-refractivity contribution in [1.82, 2.24) is 0 Å². The molecule has 0 aliphatic rings. The summed E-state index contributed by atoms with van der Waals surface area (Å²) in [6, 6.07) is 15.3. The van der Waals surface area contributed by atoms with Gasteiger partial charge in [-0.25, -0.2) is 0 Å². The van der Waals surface area contributed by atoms with E-state index in [1.165, 1.54) is 54.6 Å². The second-order valence-corrected chi connectivity index (χ2v) is 8.74. The second kappa shape index (κ2) is 12.3. The average molecular weight is 617 g/mol. The van der Waals surface area contributed by atoms with Crippen molar-refractivity contribution in [3.8, 4) is 54.6 Å². The zero-order chi connectivity index (χ0) is 34.6. The maximum atomic E-state index is 14.1. The Morgan fingerprint density at radius 3 is 1.13 bits per heavy atom. The van der Waals surface area contributed by atoms with E-state index in [1.807, 2.05) is 0 Å². The van der Waals surface area contributed by atoms with Crippen molar-refractivity contribution >= 4 is 11.1 Å². The van der Waals surface area contributed by atoms with Gasteiger partial charge in [-0.2, -0.15) is 73.7 Å². The Labute approximate surface area is 253 Å². The largest absolute Gasteiger partial charge is 0.417 e. The molecule has 0 heterocycles. The van der Waals surface area contributed by atoms with Gasteiger partial charge in [0.15, 0.2) is 0 Å². The summed E-state index contributed by atoms with van der Waals surface area (Å²) in [6.07, 6.45) is -10.5. The van der Waals surface area contributed by atoms with Crippen LogP contribution in [0.2, 0.25) is 0 Å². The molecule has 0 atom stereocenters. The van der Waals surface area contributed by atoms with Crippen LogP contribution in [0.15, 0.2) is 30.3 Å². The maximum absolute atomic E-state index is 14.1. The predicted octanol–water partition coefficient (Wildman–Crippen LogP) is 4.27. The van der Waals surface area contributed by atoms with Crippen LogP contribution in [0.5, 0.6) is 0 Å². The molecule has 0 unspecified atom stereocenters. The number of hydrogen-bond acceptors (Lipinski definition) is 9. The number of halogens is 6. The summed E-state index contributed by atoms with van der Waals surface area (Å²) >= 11 is 0. The molecule has 0 fully saturated rings. The summed E-state index contributed by atoms with van der Waals surface area (Å²) in [4.78, 5) is 0. The highest BCUT2D eigenvalue weighted by Crippen LogP contribution is 2.37. The topological polar surface area (TPSA) is 214 Å². The Morgan fingerprint density at radius 1 is 0.435 bits per heavy atom. The van der Waals surface area contributed by atoms with Crippen LogP contribution in [0.4, 0.5) is 26.3 Å². The van der Waals surface area contributed by atoms with Gasteiger partial charge in [0.25, 0.3) is 0 Å². The molecule has 0 amide bonds. The fourth-order valence-electron chi connectivity index (χ4n) is 4.42. The van der Waals surface area contributed by atoms with E-state index in [1.54, 1.807) is 0 Å². The van der Waals surface area contributed by atoms with E-state index in [0.29, 0.717) is 18.2 Å². The van der Waals surface area contributed by atoms with E-state index in [0.717, 1.165) is 0 Å². The average Bonchev–Trinajstić information content (AvgIpc) is 3.03. The first-order valence-corrected chi connectivity index (χ1v) is 11.8. The van der Waals surface area contributed by atoms with Crippen LogP contribution in [0, 0.1) is 102 Å². The molecule has 3 aromatic carbocycles. The molecule has 3 aromatic rings. The van der Waals surface area contributed by atoms with Crippen molar-refractivity contribution in [2.45, 2.75) is 12.4 Å². The van der Waals surface area contributed by atoms with Gasteiger partial charge in [-0.15, -0.1) is 0 Å². The molecule has 15 heteroatoms. The molecule has 0 aliphatic heterocycles. The van der Waals surface area contributed by atoms with Crippen molar-refractivity contribution in [3.63, 3.8) is 0 Å². The molecule has 3 rings (SSSR count). The number of benzene rings is 3. The van der Waals surface area contributed by atoms with Gasteiger partial charge in [-0.05, 0) is 30.3 Å². The summed E-state index contributed by atoms with van der Waals surface area (Å²) in [7, 11) is 0. The fourth-order valence-corrected chi connectivity index (χ4v) is 4.42. The van der Waals surface area contributed by atoms with Gasteiger partial charge in [0.1, 0.15) is 48.6 Å². The monoisotopic (exact) mass is 617 g/mol. The molecule has 216 valence electrons. The predicted molar refractivity (Wildman–Crippen MR) is 138 cm³/mol. The van der Waals surface area contributed by atoms with E-state index in [9.17, 15) is 73.7 Å². The Balaban J connectivity index is 2.81. The third-order valence-corrected chi connectivity index (χ3v) is 6.36. The van der Waals surface area contributed by atoms with Gasteiger partial charge in [0, 0.05) is 21.6 Å². The van der Waals surface area contributed by atoms with E-state index in [4.69, 9.17) is 0 Å². The van der Waals surface area contributed by atoms with Crippen molar-refractivity contribution < 1.29 is 26.3 Å². The molecule has 0 N–H and O–H groups in total. The Kier molecular flexibility index (Phi) is 8.81. The Morgan fingerprint density at radius 2 is 0.804 bits per heavy atom. The van der Waals surface area contributed by atoms with Crippen LogP contribution in [0.3, 0.4) is 0 Å². The SMILES string of the molecule is N#C/C(c1cc(C#N)c(C#N)cc1C(F)(F)F)=c1/c(C#N)c/c(=C(\C#N)c2cc(C#N)c(C#N)cc2C(F)(F)F)c(C#N)c1C#N. The smallest absolute Gasteiger partial charge is 0.192 e. The highest BCUT2D eigenvalue weighted by atomic mass is 19.4. The van der Waals surface area contributed by atoms with Crippen molar-refractivity contribution in [3.05, 3.63) is 102 Å².